The predicted octanol–water partition coefficient (Wildman–Crippen LogP) is 6.72. The van der Waals surface area contributed by atoms with Crippen molar-refractivity contribution in [3.8, 4) is 0 Å². The third-order valence-corrected chi connectivity index (χ3v) is 2.17. The Labute approximate surface area is 171 Å². The number of fused-ring (bicyclic) bond motifs is 1. The summed E-state index contributed by atoms with van der Waals surface area (Å²) in [6.45, 7) is 10.7. The second kappa shape index (κ2) is 16.6. The molecule has 128 valence electrons. The Morgan fingerprint density at radius 2 is 1.55 bits per heavy atom. The first-order valence-corrected chi connectivity index (χ1v) is 10.2. The van der Waals surface area contributed by atoms with Crippen LogP contribution in [0.15, 0.2) is 30.3 Å². The normalized spacial score (nSPS) is 8.23. The molecule has 0 aliphatic carbocycles. The summed E-state index contributed by atoms with van der Waals surface area (Å²) in [7, 11) is 0. The molecule has 0 aliphatic rings. The quantitative estimate of drug-likeness (QED) is 0.310. The molecule has 0 aromatic heterocycles. The van der Waals surface area contributed by atoms with Crippen molar-refractivity contribution in [2.75, 3.05) is 0 Å². The summed E-state index contributed by atoms with van der Waals surface area (Å²) < 4.78 is 0. The van der Waals surface area contributed by atoms with Crippen LogP contribution >= 0.6 is 36.4 Å². The Morgan fingerprint density at radius 3 is 1.91 bits per heavy atom. The molecule has 0 fully saturated rings. The number of aryl methyl sites for hydroxylation is 1. The Bertz CT molecular complexity index is 490. The van der Waals surface area contributed by atoms with Crippen LogP contribution in [0.25, 0.3) is 16.5 Å². The molecule has 2 aromatic carbocycles. The Kier molecular flexibility index (Phi) is 25.8. The number of rotatable bonds is 0. The van der Waals surface area contributed by atoms with Crippen molar-refractivity contribution in [3.63, 3.8) is 0 Å². The van der Waals surface area contributed by atoms with Gasteiger partial charge in [0.15, 0.2) is 0 Å². The van der Waals surface area contributed by atoms with Crippen molar-refractivity contribution in [1.29, 1.82) is 0 Å². The van der Waals surface area contributed by atoms with Crippen LogP contribution in [0, 0.1) is 21.8 Å². The molecule has 0 spiro atoms. The van der Waals surface area contributed by atoms with Gasteiger partial charge in [-0.25, -0.2) is 0 Å². The summed E-state index contributed by atoms with van der Waals surface area (Å²) in [4.78, 5) is 0. The fourth-order valence-electron chi connectivity index (χ4n) is 1.35. The van der Waals surface area contributed by atoms with E-state index in [4.69, 9.17) is 17.3 Å². The van der Waals surface area contributed by atoms with Gasteiger partial charge in [-0.3, -0.25) is 0 Å². The van der Waals surface area contributed by atoms with Crippen molar-refractivity contribution in [1.82, 2.24) is 0 Å². The van der Waals surface area contributed by atoms with Gasteiger partial charge in [0.05, 0.1) is 0 Å². The SMILES string of the molecule is CC(C)(C)[NH-].Cc1cc2c(Cl)cccc2[cH-]1.Cl.Cl.[CH3-].[CH3-].[Si]=[Zr]. The van der Waals surface area contributed by atoms with Gasteiger partial charge in [-0.05, 0) is 5.02 Å². The summed E-state index contributed by atoms with van der Waals surface area (Å²) >= 11 is 7.33. The van der Waals surface area contributed by atoms with Crippen LogP contribution < -0.4 is 0 Å². The Balaban J connectivity index is -0.0000000780. The van der Waals surface area contributed by atoms with Crippen molar-refractivity contribution in [2.45, 2.75) is 33.2 Å². The van der Waals surface area contributed by atoms with Crippen LogP contribution in [0.5, 0.6) is 0 Å². The van der Waals surface area contributed by atoms with Gasteiger partial charge < -0.3 is 20.6 Å². The maximum atomic E-state index is 6.94. The fourth-order valence-corrected chi connectivity index (χ4v) is 1.58. The summed E-state index contributed by atoms with van der Waals surface area (Å²) in [6, 6.07) is 10.2. The first-order valence-electron chi connectivity index (χ1n) is 5.59. The number of hydrogen-bond acceptors (Lipinski definition) is 0. The van der Waals surface area contributed by atoms with Crippen LogP contribution in [0.4, 0.5) is 0 Å². The summed E-state index contributed by atoms with van der Waals surface area (Å²) in [5.41, 5.74) is 7.96. The second-order valence-corrected chi connectivity index (χ2v) is 5.43. The molecule has 0 aliphatic heterocycles. The van der Waals surface area contributed by atoms with E-state index in [1.54, 1.807) is 0 Å². The molecular weight excluding hydrogens is 432 g/mol. The van der Waals surface area contributed by atoms with E-state index in [1.165, 1.54) is 34.3 Å². The van der Waals surface area contributed by atoms with E-state index in [2.05, 4.69) is 32.0 Å². The van der Waals surface area contributed by atoms with E-state index in [-0.39, 0.29) is 45.2 Å². The van der Waals surface area contributed by atoms with Crippen LogP contribution in [0.2, 0.25) is 5.02 Å². The summed E-state index contributed by atoms with van der Waals surface area (Å²) in [6.07, 6.45) is 0. The molecule has 0 unspecified atom stereocenters. The third kappa shape index (κ3) is 15.6. The predicted molar refractivity (Wildman–Crippen MR) is 106 cm³/mol. The molecule has 0 saturated carbocycles. The van der Waals surface area contributed by atoms with Gasteiger partial charge in [0.1, 0.15) is 0 Å². The molecule has 22 heavy (non-hydrogen) atoms. The van der Waals surface area contributed by atoms with Crippen molar-refractivity contribution in [3.05, 3.63) is 61.5 Å². The topological polar surface area (TPSA) is 23.8 Å². The second-order valence-electron chi connectivity index (χ2n) is 5.03. The first kappa shape index (κ1) is 34.2. The summed E-state index contributed by atoms with van der Waals surface area (Å²) in [5.74, 6) is 0. The van der Waals surface area contributed by atoms with Crippen molar-refractivity contribution >= 4 is 54.1 Å². The number of benzene rings is 1. The molecule has 0 amide bonds. The van der Waals surface area contributed by atoms with Gasteiger partial charge in [0, 0.05) is 0 Å². The monoisotopic (exact) mass is 455 g/mol. The van der Waals surface area contributed by atoms with E-state index < -0.39 is 0 Å². The van der Waals surface area contributed by atoms with Gasteiger partial charge in [-0.2, -0.15) is 6.07 Å². The molecule has 0 saturated heterocycles. The Hall–Kier alpha value is 0.760. The minimum atomic E-state index is -0.250. The molecule has 0 heterocycles. The van der Waals surface area contributed by atoms with Gasteiger partial charge in [0.25, 0.3) is 0 Å². The van der Waals surface area contributed by atoms with Crippen LogP contribution in [0.3, 0.4) is 0 Å². The molecule has 2 radical (unpaired) electrons. The van der Waals surface area contributed by atoms with Crippen molar-refractivity contribution in [2.24, 2.45) is 0 Å². The van der Waals surface area contributed by atoms with E-state index in [0.29, 0.717) is 0 Å². The van der Waals surface area contributed by atoms with Gasteiger partial charge in [-0.15, -0.1) is 64.9 Å². The third-order valence-electron chi connectivity index (χ3n) is 1.84. The van der Waals surface area contributed by atoms with Gasteiger partial charge in [0.2, 0.25) is 0 Å². The van der Waals surface area contributed by atoms with E-state index >= 15 is 0 Å². The molecule has 6 heteroatoms. The number of nitrogens with one attached hydrogen (secondary N) is 1. The molecule has 1 N–H and O–H groups in total. The molecule has 2 rings (SSSR count). The average Bonchev–Trinajstić information content (AvgIpc) is 2.61. The molecular formula is C16H26Cl3NSiZr-4. The first-order chi connectivity index (χ1) is 8.27. The van der Waals surface area contributed by atoms with Gasteiger partial charge >= 0.3 is 30.2 Å². The molecule has 0 bridgehead atoms. The zero-order valence-corrected chi connectivity index (χ0v) is 19.9. The molecule has 0 atom stereocenters. The van der Waals surface area contributed by atoms with E-state index in [1.807, 2.05) is 32.9 Å². The minimum absolute atomic E-state index is 0. The van der Waals surface area contributed by atoms with Crippen LogP contribution in [-0.2, 0) is 23.3 Å². The molecule has 2 aromatic rings. The average molecular weight is 458 g/mol. The number of halogens is 3. The van der Waals surface area contributed by atoms with E-state index in [9.17, 15) is 0 Å². The van der Waals surface area contributed by atoms with Gasteiger partial charge in [-0.1, -0.05) is 45.4 Å². The molecule has 1 nitrogen and oxygen atoms in total. The Morgan fingerprint density at radius 1 is 1.14 bits per heavy atom. The zero-order chi connectivity index (χ0) is 14.3. The summed E-state index contributed by atoms with van der Waals surface area (Å²) in [5, 5.41) is 3.23. The standard InChI is InChI=1S/C10H8Cl.C4H10N.2CH3.2ClH.Si.Zr/c1-7-5-8-3-2-4-10(11)9(8)6-7;1-4(2,3)5;;;;;;/h2-6H,1H3;5H,1-3H3;2*1H3;2*1H;;/q4*-1;;;;. The number of hydrogen-bond donors (Lipinski definition) is 0. The van der Waals surface area contributed by atoms with Crippen molar-refractivity contribution < 1.29 is 23.3 Å². The fraction of sp³-hybridized carbons (Fsp3) is 0.312. The van der Waals surface area contributed by atoms with E-state index in [0.717, 1.165) is 10.4 Å². The van der Waals surface area contributed by atoms with Crippen LogP contribution in [-0.4, -0.2) is 12.4 Å². The van der Waals surface area contributed by atoms with Crippen LogP contribution in [0.1, 0.15) is 26.3 Å². The maximum absolute atomic E-state index is 6.94. The zero-order valence-electron chi connectivity index (χ0n) is 14.1.